The van der Waals surface area contributed by atoms with Gasteiger partial charge < -0.3 is 15.3 Å². The van der Waals surface area contributed by atoms with E-state index in [1.807, 2.05) is 0 Å². The van der Waals surface area contributed by atoms with Crippen LogP contribution < -0.4 is 5.32 Å². The molecule has 1 atom stereocenters. The first kappa shape index (κ1) is 14.4. The number of fused-ring (bicyclic) bond motifs is 1. The van der Waals surface area contributed by atoms with Crippen LogP contribution in [0.5, 0.6) is 0 Å². The van der Waals surface area contributed by atoms with Crippen LogP contribution in [0.3, 0.4) is 0 Å². The van der Waals surface area contributed by atoms with E-state index in [1.165, 1.54) is 11.1 Å². The van der Waals surface area contributed by atoms with Gasteiger partial charge in [-0.1, -0.05) is 31.2 Å². The van der Waals surface area contributed by atoms with Crippen LogP contribution in [0, 0.1) is 5.41 Å². The average Bonchev–Trinajstić information content (AvgIpc) is 2.81. The smallest absolute Gasteiger partial charge is 0.317 e. The molecule has 1 aromatic rings. The third-order valence-electron chi connectivity index (χ3n) is 4.70. The zero-order chi connectivity index (χ0) is 14.9. The fraction of sp³-hybridized carbons (Fsp3) is 0.588. The van der Waals surface area contributed by atoms with Crippen molar-refractivity contribution in [1.29, 1.82) is 0 Å². The number of benzene rings is 1. The topological polar surface area (TPSA) is 52.6 Å². The molecule has 0 spiro atoms. The molecule has 0 aromatic heterocycles. The molecule has 2 amide bonds. The Balaban J connectivity index is 1.55. The van der Waals surface area contributed by atoms with E-state index in [9.17, 15) is 9.90 Å². The summed E-state index contributed by atoms with van der Waals surface area (Å²) in [4.78, 5) is 14.0. The number of likely N-dealkylation sites (tertiary alicyclic amines) is 1. The number of rotatable bonds is 2. The summed E-state index contributed by atoms with van der Waals surface area (Å²) in [7, 11) is 0. The van der Waals surface area contributed by atoms with Crippen LogP contribution in [0.1, 0.15) is 30.9 Å². The monoisotopic (exact) mass is 288 g/mol. The lowest BCUT2D eigenvalue weighted by Gasteiger charge is -2.32. The molecule has 1 saturated heterocycles. The van der Waals surface area contributed by atoms with Gasteiger partial charge in [0.1, 0.15) is 0 Å². The summed E-state index contributed by atoms with van der Waals surface area (Å²) in [5, 5.41) is 12.7. The van der Waals surface area contributed by atoms with Gasteiger partial charge in [0.05, 0.1) is 6.10 Å². The van der Waals surface area contributed by atoms with E-state index in [0.717, 1.165) is 32.2 Å². The molecule has 1 aliphatic carbocycles. The standard InChI is InChI=1S/C17H24N2O2/c1-17(9-13-5-2-3-6-14(13)10-17)12-18-16(21)19-8-4-7-15(20)11-19/h2-3,5-6,15,20H,4,7-12H2,1H3,(H,18,21). The highest BCUT2D eigenvalue weighted by molar-refractivity contribution is 5.74. The molecule has 1 unspecified atom stereocenters. The van der Waals surface area contributed by atoms with Gasteiger partial charge in [0.2, 0.25) is 0 Å². The lowest BCUT2D eigenvalue weighted by Crippen LogP contribution is -2.49. The Bertz CT molecular complexity index is 504. The fourth-order valence-electron chi connectivity index (χ4n) is 3.55. The molecule has 114 valence electrons. The third-order valence-corrected chi connectivity index (χ3v) is 4.70. The molecular weight excluding hydrogens is 264 g/mol. The molecule has 1 aromatic carbocycles. The molecule has 4 nitrogen and oxygen atoms in total. The number of hydrogen-bond donors (Lipinski definition) is 2. The number of aliphatic hydroxyl groups is 1. The molecule has 1 aliphatic heterocycles. The van der Waals surface area contributed by atoms with Crippen molar-refractivity contribution in [2.24, 2.45) is 5.41 Å². The maximum atomic E-state index is 12.2. The van der Waals surface area contributed by atoms with E-state index in [0.29, 0.717) is 13.1 Å². The molecule has 1 fully saturated rings. The van der Waals surface area contributed by atoms with Crippen molar-refractivity contribution in [3.05, 3.63) is 35.4 Å². The van der Waals surface area contributed by atoms with E-state index >= 15 is 0 Å². The minimum atomic E-state index is -0.365. The van der Waals surface area contributed by atoms with Crippen molar-refractivity contribution in [1.82, 2.24) is 10.2 Å². The van der Waals surface area contributed by atoms with Crippen LogP contribution in [-0.4, -0.2) is 41.8 Å². The minimum absolute atomic E-state index is 0.0362. The van der Waals surface area contributed by atoms with Crippen molar-refractivity contribution in [2.45, 2.75) is 38.7 Å². The van der Waals surface area contributed by atoms with Crippen molar-refractivity contribution in [2.75, 3.05) is 19.6 Å². The van der Waals surface area contributed by atoms with Gasteiger partial charge in [-0.25, -0.2) is 4.79 Å². The van der Waals surface area contributed by atoms with Gasteiger partial charge in [-0.2, -0.15) is 0 Å². The van der Waals surface area contributed by atoms with Gasteiger partial charge in [0, 0.05) is 19.6 Å². The summed E-state index contributed by atoms with van der Waals surface area (Å²) in [5.41, 5.74) is 2.92. The number of nitrogens with zero attached hydrogens (tertiary/aromatic N) is 1. The van der Waals surface area contributed by atoms with Crippen molar-refractivity contribution < 1.29 is 9.90 Å². The molecular formula is C17H24N2O2. The molecule has 21 heavy (non-hydrogen) atoms. The molecule has 2 N–H and O–H groups in total. The second-order valence-corrected chi connectivity index (χ2v) is 6.83. The van der Waals surface area contributed by atoms with E-state index < -0.39 is 0 Å². The van der Waals surface area contributed by atoms with Crippen molar-refractivity contribution in [3.8, 4) is 0 Å². The summed E-state index contributed by atoms with van der Waals surface area (Å²) in [6.45, 7) is 4.13. The van der Waals surface area contributed by atoms with Crippen LogP contribution in [0.2, 0.25) is 0 Å². The number of carbonyl (C=O) groups excluding carboxylic acids is 1. The summed E-state index contributed by atoms with van der Waals surface area (Å²) in [6, 6.07) is 8.49. The highest BCUT2D eigenvalue weighted by Crippen LogP contribution is 2.35. The molecule has 3 rings (SSSR count). The average molecular weight is 288 g/mol. The van der Waals surface area contributed by atoms with Gasteiger partial charge in [-0.3, -0.25) is 0 Å². The number of piperidine rings is 1. The molecule has 0 radical (unpaired) electrons. The molecule has 1 heterocycles. The Morgan fingerprint density at radius 3 is 2.67 bits per heavy atom. The van der Waals surface area contributed by atoms with Crippen LogP contribution in [-0.2, 0) is 12.8 Å². The zero-order valence-electron chi connectivity index (χ0n) is 12.6. The number of nitrogens with one attached hydrogen (secondary N) is 1. The normalized spacial score (nSPS) is 23.7. The summed E-state index contributed by atoms with van der Waals surface area (Å²) in [5.74, 6) is 0. The minimum Gasteiger partial charge on any atom is -0.391 e. The zero-order valence-corrected chi connectivity index (χ0v) is 12.6. The molecule has 2 aliphatic rings. The molecule has 4 heteroatoms. The highest BCUT2D eigenvalue weighted by atomic mass is 16.3. The van der Waals surface area contributed by atoms with E-state index in [1.54, 1.807) is 4.90 Å². The second-order valence-electron chi connectivity index (χ2n) is 6.83. The number of carbonyl (C=O) groups is 1. The first-order valence-corrected chi connectivity index (χ1v) is 7.83. The van der Waals surface area contributed by atoms with Gasteiger partial charge in [-0.15, -0.1) is 0 Å². The van der Waals surface area contributed by atoms with Crippen molar-refractivity contribution >= 4 is 6.03 Å². The van der Waals surface area contributed by atoms with Crippen LogP contribution in [0.25, 0.3) is 0 Å². The number of urea groups is 1. The van der Waals surface area contributed by atoms with E-state index in [-0.39, 0.29) is 17.6 Å². The lowest BCUT2D eigenvalue weighted by molar-refractivity contribution is 0.0833. The Morgan fingerprint density at radius 1 is 1.38 bits per heavy atom. The van der Waals surface area contributed by atoms with Crippen molar-refractivity contribution in [3.63, 3.8) is 0 Å². The van der Waals surface area contributed by atoms with Crippen LogP contribution in [0.15, 0.2) is 24.3 Å². The van der Waals surface area contributed by atoms with Crippen LogP contribution in [0.4, 0.5) is 4.79 Å². The maximum absolute atomic E-state index is 12.2. The quantitative estimate of drug-likeness (QED) is 0.874. The Morgan fingerprint density at radius 2 is 2.05 bits per heavy atom. The first-order valence-electron chi connectivity index (χ1n) is 7.83. The van der Waals surface area contributed by atoms with E-state index in [4.69, 9.17) is 0 Å². The van der Waals surface area contributed by atoms with Gasteiger partial charge in [0.15, 0.2) is 0 Å². The predicted molar refractivity (Wildman–Crippen MR) is 82.2 cm³/mol. The van der Waals surface area contributed by atoms with Gasteiger partial charge in [0.25, 0.3) is 0 Å². The third kappa shape index (κ3) is 3.21. The Hall–Kier alpha value is -1.55. The highest BCUT2D eigenvalue weighted by Gasteiger charge is 2.33. The number of β-amino-alcohol motifs (C(OH)–C–C–N with tert-alkyl or cyclic N) is 1. The summed E-state index contributed by atoms with van der Waals surface area (Å²) < 4.78 is 0. The number of amides is 2. The van der Waals surface area contributed by atoms with E-state index in [2.05, 4.69) is 36.5 Å². The predicted octanol–water partition coefficient (Wildman–Crippen LogP) is 1.96. The summed E-state index contributed by atoms with van der Waals surface area (Å²) in [6.07, 6.45) is 3.36. The van der Waals surface area contributed by atoms with Gasteiger partial charge >= 0.3 is 6.03 Å². The van der Waals surface area contributed by atoms with Crippen LogP contribution >= 0.6 is 0 Å². The van der Waals surface area contributed by atoms with Gasteiger partial charge in [-0.05, 0) is 42.2 Å². The fourth-order valence-corrected chi connectivity index (χ4v) is 3.55. The lowest BCUT2D eigenvalue weighted by atomic mass is 9.87. The number of aliphatic hydroxyl groups excluding tert-OH is 1. The first-order chi connectivity index (χ1) is 10.1. The maximum Gasteiger partial charge on any atom is 0.317 e. The Kier molecular flexibility index (Phi) is 3.89. The SMILES string of the molecule is CC1(CNC(=O)N2CCCC(O)C2)Cc2ccccc2C1. The molecule has 0 bridgehead atoms. The molecule has 0 saturated carbocycles. The largest absolute Gasteiger partial charge is 0.391 e. The number of hydrogen-bond acceptors (Lipinski definition) is 2. The second kappa shape index (κ2) is 5.68. The Labute approximate surface area is 126 Å². The summed E-state index contributed by atoms with van der Waals surface area (Å²) >= 11 is 0.